The molecular weight excluding hydrogens is 672 g/mol. The van der Waals surface area contributed by atoms with E-state index >= 15 is 13.2 Å². The third kappa shape index (κ3) is 4.96. The van der Waals surface area contributed by atoms with Crippen molar-refractivity contribution in [3.63, 3.8) is 0 Å². The quantitative estimate of drug-likeness (QED) is 0.129. The zero-order valence-electron chi connectivity index (χ0n) is 28.4. The van der Waals surface area contributed by atoms with E-state index in [1.165, 1.54) is 12.1 Å². The molecule has 2 aromatic heterocycles. The SMILES string of the molecule is [C-]#[N+]c1cc(-c2cc(-n3c4c(C)cccc4c4cccc(C)c43)c(C(F)(F)F)cc2-n2c3c(C)cccc3c3cccc(C)c32)cc(C(F)(F)F)c1. The maximum Gasteiger partial charge on any atom is 0.418 e. The van der Waals surface area contributed by atoms with E-state index in [0.717, 1.165) is 62.0 Å². The van der Waals surface area contributed by atoms with Crippen LogP contribution in [0.1, 0.15) is 33.4 Å². The molecule has 6 aromatic carbocycles. The zero-order chi connectivity index (χ0) is 36.9. The van der Waals surface area contributed by atoms with Crippen LogP contribution in [-0.2, 0) is 12.4 Å². The predicted molar refractivity (Wildman–Crippen MR) is 196 cm³/mol. The summed E-state index contributed by atoms with van der Waals surface area (Å²) < 4.78 is 93.7. The fraction of sp³-hybridized carbons (Fsp3) is 0.140. The summed E-state index contributed by atoms with van der Waals surface area (Å²) in [5.41, 5.74) is 2.99. The highest BCUT2D eigenvalue weighted by atomic mass is 19.4. The van der Waals surface area contributed by atoms with Gasteiger partial charge in [-0.3, -0.25) is 0 Å². The number of para-hydroxylation sites is 4. The van der Waals surface area contributed by atoms with Gasteiger partial charge >= 0.3 is 12.4 Å². The van der Waals surface area contributed by atoms with Crippen molar-refractivity contribution in [2.75, 3.05) is 0 Å². The number of hydrogen-bond acceptors (Lipinski definition) is 0. The molecule has 0 saturated carbocycles. The van der Waals surface area contributed by atoms with E-state index in [9.17, 15) is 13.2 Å². The minimum atomic E-state index is -4.88. The molecule has 0 aliphatic carbocycles. The summed E-state index contributed by atoms with van der Waals surface area (Å²) in [6, 6.07) is 27.7. The van der Waals surface area contributed by atoms with Crippen molar-refractivity contribution >= 4 is 49.3 Å². The van der Waals surface area contributed by atoms with Gasteiger partial charge in [0.2, 0.25) is 0 Å². The lowest BCUT2D eigenvalue weighted by atomic mass is 9.96. The molecule has 0 bridgehead atoms. The molecule has 0 unspecified atom stereocenters. The number of benzene rings is 6. The lowest BCUT2D eigenvalue weighted by Crippen LogP contribution is -2.14. The van der Waals surface area contributed by atoms with Crippen molar-refractivity contribution in [2.24, 2.45) is 0 Å². The van der Waals surface area contributed by atoms with Crippen molar-refractivity contribution < 1.29 is 26.3 Å². The Balaban J connectivity index is 1.64. The lowest BCUT2D eigenvalue weighted by molar-refractivity contribution is -0.138. The van der Waals surface area contributed by atoms with E-state index in [-0.39, 0.29) is 28.2 Å². The summed E-state index contributed by atoms with van der Waals surface area (Å²) in [5.74, 6) is 0. The average Bonchev–Trinajstić information content (AvgIpc) is 3.63. The van der Waals surface area contributed by atoms with E-state index in [0.29, 0.717) is 22.1 Å². The first kappa shape index (κ1) is 33.2. The molecule has 8 rings (SSSR count). The van der Waals surface area contributed by atoms with E-state index in [2.05, 4.69) is 4.85 Å². The summed E-state index contributed by atoms with van der Waals surface area (Å²) in [7, 11) is 0. The minimum absolute atomic E-state index is 0.0304. The number of halogens is 6. The maximum absolute atomic E-state index is 15.7. The van der Waals surface area contributed by atoms with Crippen LogP contribution in [0.25, 0.3) is 71.0 Å². The number of alkyl halides is 6. The fourth-order valence-electron chi connectivity index (χ4n) is 7.80. The van der Waals surface area contributed by atoms with Crippen LogP contribution in [0.3, 0.4) is 0 Å². The van der Waals surface area contributed by atoms with Crippen molar-refractivity contribution in [2.45, 2.75) is 40.0 Å². The molecule has 0 atom stereocenters. The average molecular weight is 702 g/mol. The second kappa shape index (κ2) is 11.5. The van der Waals surface area contributed by atoms with Crippen LogP contribution < -0.4 is 0 Å². The fourth-order valence-corrected chi connectivity index (χ4v) is 7.80. The Hall–Kier alpha value is -6.01. The van der Waals surface area contributed by atoms with Crippen molar-refractivity contribution in [3.8, 4) is 22.5 Å². The molecule has 8 aromatic rings. The number of rotatable bonds is 3. The van der Waals surface area contributed by atoms with Crippen molar-refractivity contribution in [1.29, 1.82) is 0 Å². The van der Waals surface area contributed by atoms with E-state index < -0.39 is 23.5 Å². The van der Waals surface area contributed by atoms with Gasteiger partial charge in [0.25, 0.3) is 0 Å². The molecule has 0 saturated heterocycles. The Morgan fingerprint density at radius 1 is 0.500 bits per heavy atom. The van der Waals surface area contributed by atoms with Crippen LogP contribution in [0.2, 0.25) is 0 Å². The molecule has 0 radical (unpaired) electrons. The molecule has 0 amide bonds. The van der Waals surface area contributed by atoms with Gasteiger partial charge in [0.15, 0.2) is 5.69 Å². The Kier molecular flexibility index (Phi) is 7.33. The van der Waals surface area contributed by atoms with E-state index in [4.69, 9.17) is 6.57 Å². The highest BCUT2D eigenvalue weighted by Gasteiger charge is 2.38. The summed E-state index contributed by atoms with van der Waals surface area (Å²) in [4.78, 5) is 3.34. The summed E-state index contributed by atoms with van der Waals surface area (Å²) in [6.45, 7) is 15.0. The molecule has 0 aliphatic heterocycles. The van der Waals surface area contributed by atoms with Crippen LogP contribution in [0.5, 0.6) is 0 Å². The molecule has 0 N–H and O–H groups in total. The van der Waals surface area contributed by atoms with Gasteiger partial charge in [0.05, 0.1) is 45.6 Å². The molecule has 258 valence electrons. The Morgan fingerprint density at radius 3 is 1.31 bits per heavy atom. The summed E-state index contributed by atoms with van der Waals surface area (Å²) >= 11 is 0. The smallest absolute Gasteiger partial charge is 0.308 e. The maximum atomic E-state index is 15.7. The van der Waals surface area contributed by atoms with Gasteiger partial charge in [-0.1, -0.05) is 72.8 Å². The van der Waals surface area contributed by atoms with E-state index in [1.54, 1.807) is 9.13 Å². The van der Waals surface area contributed by atoms with Gasteiger partial charge in [0, 0.05) is 32.7 Å². The third-order valence-corrected chi connectivity index (χ3v) is 10.0. The lowest BCUT2D eigenvalue weighted by Gasteiger charge is -2.23. The van der Waals surface area contributed by atoms with Crippen LogP contribution in [0, 0.1) is 34.3 Å². The molecular formula is C43H29F6N3. The largest absolute Gasteiger partial charge is 0.418 e. The topological polar surface area (TPSA) is 14.2 Å². The highest BCUT2D eigenvalue weighted by Crippen LogP contribution is 2.47. The predicted octanol–water partition coefficient (Wildman–Crippen LogP) is 13.4. The molecule has 3 nitrogen and oxygen atoms in total. The van der Waals surface area contributed by atoms with Crippen LogP contribution >= 0.6 is 0 Å². The molecule has 0 fully saturated rings. The van der Waals surface area contributed by atoms with E-state index in [1.807, 2.05) is 100 Å². The first-order valence-corrected chi connectivity index (χ1v) is 16.5. The Morgan fingerprint density at radius 2 is 0.923 bits per heavy atom. The second-order valence-corrected chi connectivity index (χ2v) is 13.3. The molecule has 9 heteroatoms. The van der Waals surface area contributed by atoms with Crippen molar-refractivity contribution in [1.82, 2.24) is 9.13 Å². The summed E-state index contributed by atoms with van der Waals surface area (Å²) in [5, 5.41) is 3.09. The molecule has 0 aliphatic rings. The molecule has 0 spiro atoms. The zero-order valence-corrected chi connectivity index (χ0v) is 28.4. The summed E-state index contributed by atoms with van der Waals surface area (Å²) in [6.07, 6.45) is -9.69. The van der Waals surface area contributed by atoms with Crippen LogP contribution in [0.4, 0.5) is 32.0 Å². The molecule has 52 heavy (non-hydrogen) atoms. The molecule has 2 heterocycles. The van der Waals surface area contributed by atoms with Gasteiger partial charge < -0.3 is 9.13 Å². The van der Waals surface area contributed by atoms with Crippen LogP contribution in [-0.4, -0.2) is 9.13 Å². The number of aryl methyl sites for hydroxylation is 4. The third-order valence-electron chi connectivity index (χ3n) is 10.0. The first-order chi connectivity index (χ1) is 24.7. The Labute approximate surface area is 294 Å². The minimum Gasteiger partial charge on any atom is -0.308 e. The second-order valence-electron chi connectivity index (χ2n) is 13.3. The van der Waals surface area contributed by atoms with Gasteiger partial charge in [-0.15, -0.1) is 0 Å². The Bertz CT molecular complexity index is 2710. The normalized spacial score (nSPS) is 12.4. The number of fused-ring (bicyclic) bond motifs is 6. The highest BCUT2D eigenvalue weighted by molar-refractivity contribution is 6.13. The monoisotopic (exact) mass is 701 g/mol. The van der Waals surface area contributed by atoms with Crippen molar-refractivity contribution in [3.05, 3.63) is 148 Å². The number of aromatic nitrogens is 2. The van der Waals surface area contributed by atoms with Gasteiger partial charge in [-0.05, 0) is 85.8 Å². The van der Waals surface area contributed by atoms with Gasteiger partial charge in [-0.25, -0.2) is 4.85 Å². The van der Waals surface area contributed by atoms with Crippen LogP contribution in [0.15, 0.2) is 103 Å². The first-order valence-electron chi connectivity index (χ1n) is 16.5. The van der Waals surface area contributed by atoms with Gasteiger partial charge in [-0.2, -0.15) is 26.3 Å². The number of nitrogens with zero attached hydrogens (tertiary/aromatic N) is 3. The standard InChI is InChI=1S/C43H29F6N3/c1-23-10-6-14-30-31-15-7-11-24(2)39(31)51(38(23)30)36-22-35(43(47,48)49)37(21-34(36)27-18-28(42(44,45)46)20-29(19-27)50-5)52-40-25(3)12-8-16-32(40)33-17-9-13-26(4)41(33)52/h6-22H,1-4H3. The number of hydrogen-bond donors (Lipinski definition) is 0. The van der Waals surface area contributed by atoms with Gasteiger partial charge in [0.1, 0.15) is 0 Å².